The van der Waals surface area contributed by atoms with Gasteiger partial charge in [-0.2, -0.15) is 0 Å². The lowest BCUT2D eigenvalue weighted by Crippen LogP contribution is -2.47. The van der Waals surface area contributed by atoms with Gasteiger partial charge in [-0.3, -0.25) is 0 Å². The van der Waals surface area contributed by atoms with E-state index in [1.165, 1.54) is 11.6 Å². The Labute approximate surface area is 107 Å². The van der Waals surface area contributed by atoms with E-state index >= 15 is 0 Å². The van der Waals surface area contributed by atoms with E-state index in [0.29, 0.717) is 11.1 Å². The number of hydrogen-bond acceptors (Lipinski definition) is 1. The largest absolute Gasteiger partial charge is 0.543 e. The molecule has 0 N–H and O–H groups in total. The van der Waals surface area contributed by atoms with Crippen molar-refractivity contribution in [2.75, 3.05) is 0 Å². The predicted molar refractivity (Wildman–Crippen MR) is 78.2 cm³/mol. The van der Waals surface area contributed by atoms with Gasteiger partial charge in [-0.15, -0.1) is 0 Å². The molecule has 1 aromatic rings. The van der Waals surface area contributed by atoms with Gasteiger partial charge in [-0.05, 0) is 36.2 Å². The van der Waals surface area contributed by atoms with Crippen molar-refractivity contribution in [1.29, 1.82) is 0 Å². The van der Waals surface area contributed by atoms with Gasteiger partial charge in [-0.25, -0.2) is 0 Å². The van der Waals surface area contributed by atoms with Crippen molar-refractivity contribution in [3.63, 3.8) is 0 Å². The second-order valence-corrected chi connectivity index (χ2v) is 10.7. The summed E-state index contributed by atoms with van der Waals surface area (Å²) in [5.41, 5.74) is 2.58. The molecule has 0 aliphatic carbocycles. The van der Waals surface area contributed by atoms with Crippen molar-refractivity contribution < 1.29 is 4.43 Å². The van der Waals surface area contributed by atoms with Crippen molar-refractivity contribution in [2.24, 2.45) is 0 Å². The zero-order chi connectivity index (χ0) is 13.1. The minimum atomic E-state index is -1.68. The Morgan fingerprint density at radius 1 is 1.00 bits per heavy atom. The Kier molecular flexibility index (Phi) is 4.81. The molecule has 0 bridgehead atoms. The van der Waals surface area contributed by atoms with E-state index in [1.807, 2.05) is 0 Å². The summed E-state index contributed by atoms with van der Waals surface area (Å²) in [6.45, 7) is 13.6. The molecule has 0 aromatic heterocycles. The lowest BCUT2D eigenvalue weighted by molar-refractivity contribution is 0.497. The number of aryl methyl sites for hydroxylation is 1. The van der Waals surface area contributed by atoms with E-state index < -0.39 is 8.32 Å². The molecule has 0 aliphatic rings. The first-order valence-electron chi connectivity index (χ1n) is 6.68. The molecule has 0 unspecified atom stereocenters. The van der Waals surface area contributed by atoms with Crippen LogP contribution in [0.2, 0.25) is 17.1 Å². The van der Waals surface area contributed by atoms with Crippen LogP contribution < -0.4 is 4.43 Å². The Bertz CT molecular complexity index is 332. The molecule has 1 aromatic carbocycles. The minimum Gasteiger partial charge on any atom is -0.543 e. The molecular formula is C15H26OSi. The molecule has 1 rings (SSSR count). The summed E-state index contributed by atoms with van der Waals surface area (Å²) in [6, 6.07) is 9.65. The molecule has 0 saturated carbocycles. The maximum Gasteiger partial charge on any atom is 0.255 e. The van der Waals surface area contributed by atoms with Crippen molar-refractivity contribution in [3.05, 3.63) is 29.8 Å². The molecule has 0 fully saturated rings. The van der Waals surface area contributed by atoms with Crippen LogP contribution in [0.15, 0.2) is 24.3 Å². The van der Waals surface area contributed by atoms with Crippen molar-refractivity contribution >= 4 is 8.32 Å². The Morgan fingerprint density at radius 2 is 1.47 bits per heavy atom. The summed E-state index contributed by atoms with van der Waals surface area (Å²) in [4.78, 5) is 0. The average Bonchev–Trinajstić information content (AvgIpc) is 2.27. The van der Waals surface area contributed by atoms with E-state index in [0.717, 1.165) is 5.75 Å². The SMILES string of the molecule is CC[Si](Oc1ccc(C)cc1)(C(C)C)C(C)C. The van der Waals surface area contributed by atoms with Crippen LogP contribution in [0.3, 0.4) is 0 Å². The van der Waals surface area contributed by atoms with Gasteiger partial charge in [0.05, 0.1) is 0 Å². The molecule has 0 saturated heterocycles. The highest BCUT2D eigenvalue weighted by atomic mass is 28.4. The monoisotopic (exact) mass is 250 g/mol. The molecule has 1 nitrogen and oxygen atoms in total. The van der Waals surface area contributed by atoms with Gasteiger partial charge in [0, 0.05) is 0 Å². The summed E-state index contributed by atoms with van der Waals surface area (Å²) in [5.74, 6) is 1.05. The van der Waals surface area contributed by atoms with Crippen molar-refractivity contribution in [1.82, 2.24) is 0 Å². The smallest absolute Gasteiger partial charge is 0.255 e. The van der Waals surface area contributed by atoms with Gasteiger partial charge in [0.1, 0.15) is 5.75 Å². The van der Waals surface area contributed by atoms with Crippen LogP contribution in [-0.2, 0) is 0 Å². The van der Waals surface area contributed by atoms with Gasteiger partial charge in [0.25, 0.3) is 8.32 Å². The molecule has 0 radical (unpaired) electrons. The zero-order valence-corrected chi connectivity index (χ0v) is 13.1. The Hall–Kier alpha value is -0.763. The second kappa shape index (κ2) is 5.72. The number of rotatable bonds is 5. The first-order chi connectivity index (χ1) is 7.92. The predicted octanol–water partition coefficient (Wildman–Crippen LogP) is 5.16. The van der Waals surface area contributed by atoms with Gasteiger partial charge in [0.15, 0.2) is 0 Å². The Balaban J connectivity index is 2.97. The van der Waals surface area contributed by atoms with Gasteiger partial charge in [0.2, 0.25) is 0 Å². The highest BCUT2D eigenvalue weighted by Gasteiger charge is 2.42. The summed E-state index contributed by atoms with van der Waals surface area (Å²) in [5, 5.41) is 0. The van der Waals surface area contributed by atoms with Crippen LogP contribution >= 0.6 is 0 Å². The van der Waals surface area contributed by atoms with Crippen LogP contribution in [0.4, 0.5) is 0 Å². The fourth-order valence-electron chi connectivity index (χ4n) is 2.62. The van der Waals surface area contributed by atoms with Crippen molar-refractivity contribution in [3.8, 4) is 5.75 Å². The number of benzene rings is 1. The molecule has 0 aliphatic heterocycles. The van der Waals surface area contributed by atoms with E-state index in [-0.39, 0.29) is 0 Å². The van der Waals surface area contributed by atoms with E-state index in [4.69, 9.17) is 4.43 Å². The zero-order valence-electron chi connectivity index (χ0n) is 12.1. The summed E-state index contributed by atoms with van der Waals surface area (Å²) < 4.78 is 6.47. The third-order valence-electron chi connectivity index (χ3n) is 3.84. The topological polar surface area (TPSA) is 9.23 Å². The summed E-state index contributed by atoms with van der Waals surface area (Å²) in [7, 11) is -1.68. The fourth-order valence-corrected chi connectivity index (χ4v) is 6.77. The van der Waals surface area contributed by atoms with Gasteiger partial charge < -0.3 is 4.43 Å². The van der Waals surface area contributed by atoms with Crippen LogP contribution in [-0.4, -0.2) is 8.32 Å². The summed E-state index contributed by atoms with van der Waals surface area (Å²) >= 11 is 0. The van der Waals surface area contributed by atoms with Gasteiger partial charge in [-0.1, -0.05) is 52.3 Å². The van der Waals surface area contributed by atoms with Crippen LogP contribution in [0, 0.1) is 6.92 Å². The minimum absolute atomic E-state index is 0.647. The normalized spacial score (nSPS) is 12.2. The quantitative estimate of drug-likeness (QED) is 0.656. The highest BCUT2D eigenvalue weighted by Crippen LogP contribution is 2.37. The molecule has 0 spiro atoms. The van der Waals surface area contributed by atoms with Crippen molar-refractivity contribution in [2.45, 2.75) is 58.7 Å². The highest BCUT2D eigenvalue weighted by molar-refractivity contribution is 6.77. The lowest BCUT2D eigenvalue weighted by atomic mass is 10.2. The third-order valence-corrected chi connectivity index (χ3v) is 9.47. The molecule has 0 amide bonds. The second-order valence-electron chi connectivity index (χ2n) is 5.53. The summed E-state index contributed by atoms with van der Waals surface area (Å²) in [6.07, 6.45) is 0. The average molecular weight is 250 g/mol. The third kappa shape index (κ3) is 3.12. The Morgan fingerprint density at radius 3 is 1.82 bits per heavy atom. The first kappa shape index (κ1) is 14.3. The molecular weight excluding hydrogens is 224 g/mol. The fraction of sp³-hybridized carbons (Fsp3) is 0.600. The van der Waals surface area contributed by atoms with Crippen LogP contribution in [0.1, 0.15) is 40.2 Å². The lowest BCUT2D eigenvalue weighted by Gasteiger charge is -2.38. The molecule has 17 heavy (non-hydrogen) atoms. The maximum atomic E-state index is 6.47. The molecule has 0 heterocycles. The van der Waals surface area contributed by atoms with E-state index in [1.54, 1.807) is 0 Å². The molecule has 96 valence electrons. The van der Waals surface area contributed by atoms with Crippen LogP contribution in [0.5, 0.6) is 5.75 Å². The van der Waals surface area contributed by atoms with E-state index in [9.17, 15) is 0 Å². The maximum absolute atomic E-state index is 6.47. The van der Waals surface area contributed by atoms with E-state index in [2.05, 4.69) is 65.8 Å². The standard InChI is InChI=1S/C15H26OSi/c1-7-17(12(2)3,13(4)5)16-15-10-8-14(6)9-11-15/h8-13H,7H2,1-6H3. The first-order valence-corrected chi connectivity index (χ1v) is 8.95. The molecule has 0 atom stereocenters. The van der Waals surface area contributed by atoms with Gasteiger partial charge >= 0.3 is 0 Å². The molecule has 2 heteroatoms. The van der Waals surface area contributed by atoms with Crippen LogP contribution in [0.25, 0.3) is 0 Å². The number of hydrogen-bond donors (Lipinski definition) is 0.